The molecular weight excluding hydrogens is 194 g/mol. The minimum Gasteiger partial charge on any atom is -0.340 e. The van der Waals surface area contributed by atoms with E-state index in [1.807, 2.05) is 19.3 Å². The van der Waals surface area contributed by atoms with E-state index in [2.05, 4.69) is 20.6 Å². The van der Waals surface area contributed by atoms with E-state index in [9.17, 15) is 0 Å². The van der Waals surface area contributed by atoms with Crippen LogP contribution in [0.5, 0.6) is 0 Å². The fourth-order valence-electron chi connectivity index (χ4n) is 1.28. The van der Waals surface area contributed by atoms with Crippen molar-refractivity contribution >= 4 is 0 Å². The first-order valence-electron chi connectivity index (χ1n) is 4.79. The molecule has 0 amide bonds. The number of hydrogen-bond donors (Lipinski definition) is 1. The standard InChI is InChI=1S/C9H13N5O/c1-14-5-3-8(13-14)6-10-4-2-9-11-7-12-15-9/h3,5,7,10H,2,4,6H2,1H3. The first kappa shape index (κ1) is 9.85. The summed E-state index contributed by atoms with van der Waals surface area (Å²) in [5.74, 6) is 0.656. The van der Waals surface area contributed by atoms with E-state index in [1.165, 1.54) is 6.33 Å². The molecule has 15 heavy (non-hydrogen) atoms. The molecule has 80 valence electrons. The number of hydrogen-bond acceptors (Lipinski definition) is 5. The van der Waals surface area contributed by atoms with Gasteiger partial charge in [-0.2, -0.15) is 10.1 Å². The molecule has 0 aliphatic heterocycles. The number of nitrogens with zero attached hydrogens (tertiary/aromatic N) is 4. The molecule has 0 radical (unpaired) electrons. The molecular formula is C9H13N5O. The van der Waals surface area contributed by atoms with E-state index >= 15 is 0 Å². The van der Waals surface area contributed by atoms with Crippen LogP contribution in [-0.2, 0) is 20.0 Å². The van der Waals surface area contributed by atoms with Crippen molar-refractivity contribution in [3.63, 3.8) is 0 Å². The molecule has 0 bridgehead atoms. The second-order valence-corrected chi connectivity index (χ2v) is 3.24. The maximum Gasteiger partial charge on any atom is 0.227 e. The van der Waals surface area contributed by atoms with E-state index in [0.717, 1.165) is 25.2 Å². The summed E-state index contributed by atoms with van der Waals surface area (Å²) < 4.78 is 6.66. The highest BCUT2D eigenvalue weighted by Gasteiger charge is 1.99. The average Bonchev–Trinajstić information content (AvgIpc) is 2.84. The Labute approximate surface area is 87.3 Å². The maximum absolute atomic E-state index is 4.87. The normalized spacial score (nSPS) is 10.7. The molecule has 2 rings (SSSR count). The van der Waals surface area contributed by atoms with Crippen LogP contribution in [0.3, 0.4) is 0 Å². The Bertz CT molecular complexity index is 394. The topological polar surface area (TPSA) is 68.8 Å². The van der Waals surface area contributed by atoms with Crippen molar-refractivity contribution in [1.82, 2.24) is 25.2 Å². The van der Waals surface area contributed by atoms with Gasteiger partial charge >= 0.3 is 0 Å². The second-order valence-electron chi connectivity index (χ2n) is 3.24. The van der Waals surface area contributed by atoms with Gasteiger partial charge in [-0.05, 0) is 6.07 Å². The van der Waals surface area contributed by atoms with Crippen LogP contribution >= 0.6 is 0 Å². The molecule has 2 heterocycles. The molecule has 6 nitrogen and oxygen atoms in total. The molecule has 0 atom stereocenters. The predicted molar refractivity (Wildman–Crippen MR) is 52.9 cm³/mol. The molecule has 2 aromatic heterocycles. The lowest BCUT2D eigenvalue weighted by Crippen LogP contribution is -2.17. The maximum atomic E-state index is 4.87. The number of rotatable bonds is 5. The van der Waals surface area contributed by atoms with Gasteiger partial charge in [-0.3, -0.25) is 4.68 Å². The smallest absolute Gasteiger partial charge is 0.227 e. The minimum atomic E-state index is 0.656. The lowest BCUT2D eigenvalue weighted by molar-refractivity contribution is 0.374. The minimum absolute atomic E-state index is 0.656. The van der Waals surface area contributed by atoms with Gasteiger partial charge < -0.3 is 9.84 Å². The van der Waals surface area contributed by atoms with Crippen molar-refractivity contribution in [1.29, 1.82) is 0 Å². The van der Waals surface area contributed by atoms with Crippen LogP contribution in [0.15, 0.2) is 23.1 Å². The van der Waals surface area contributed by atoms with E-state index in [4.69, 9.17) is 4.52 Å². The molecule has 0 aliphatic carbocycles. The Hall–Kier alpha value is -1.69. The Morgan fingerprint density at radius 1 is 1.53 bits per heavy atom. The van der Waals surface area contributed by atoms with Crippen molar-refractivity contribution in [2.45, 2.75) is 13.0 Å². The van der Waals surface area contributed by atoms with Gasteiger partial charge in [-0.15, -0.1) is 0 Å². The summed E-state index contributed by atoms with van der Waals surface area (Å²) >= 11 is 0. The van der Waals surface area contributed by atoms with Crippen LogP contribution < -0.4 is 5.32 Å². The van der Waals surface area contributed by atoms with Crippen molar-refractivity contribution in [3.05, 3.63) is 30.2 Å². The van der Waals surface area contributed by atoms with Crippen molar-refractivity contribution in [2.24, 2.45) is 7.05 Å². The summed E-state index contributed by atoms with van der Waals surface area (Å²) in [7, 11) is 1.90. The zero-order valence-corrected chi connectivity index (χ0v) is 8.55. The lowest BCUT2D eigenvalue weighted by atomic mass is 10.4. The van der Waals surface area contributed by atoms with E-state index in [0.29, 0.717) is 5.89 Å². The Morgan fingerprint density at radius 2 is 2.47 bits per heavy atom. The molecule has 0 unspecified atom stereocenters. The molecule has 2 aromatic rings. The van der Waals surface area contributed by atoms with Gasteiger partial charge in [-0.1, -0.05) is 5.16 Å². The van der Waals surface area contributed by atoms with E-state index < -0.39 is 0 Å². The van der Waals surface area contributed by atoms with Crippen LogP contribution in [0.1, 0.15) is 11.6 Å². The Balaban J connectivity index is 1.67. The first-order valence-corrected chi connectivity index (χ1v) is 4.79. The van der Waals surface area contributed by atoms with E-state index in [1.54, 1.807) is 4.68 Å². The summed E-state index contributed by atoms with van der Waals surface area (Å²) in [5.41, 5.74) is 1.03. The first-order chi connectivity index (χ1) is 7.34. The number of nitrogens with one attached hydrogen (secondary N) is 1. The van der Waals surface area contributed by atoms with Crippen LogP contribution in [0.2, 0.25) is 0 Å². The summed E-state index contributed by atoms with van der Waals surface area (Å²) in [4.78, 5) is 3.93. The summed E-state index contributed by atoms with van der Waals surface area (Å²) in [6.45, 7) is 1.56. The van der Waals surface area contributed by atoms with Gasteiger partial charge in [0.25, 0.3) is 0 Å². The molecule has 0 fully saturated rings. The van der Waals surface area contributed by atoms with Gasteiger partial charge in [0.1, 0.15) is 0 Å². The third-order valence-electron chi connectivity index (χ3n) is 2.00. The van der Waals surface area contributed by atoms with Crippen LogP contribution in [0.4, 0.5) is 0 Å². The van der Waals surface area contributed by atoms with Crippen LogP contribution in [0.25, 0.3) is 0 Å². The van der Waals surface area contributed by atoms with Crippen LogP contribution in [0, 0.1) is 0 Å². The van der Waals surface area contributed by atoms with Gasteiger partial charge in [0.05, 0.1) is 5.69 Å². The fourth-order valence-corrected chi connectivity index (χ4v) is 1.28. The van der Waals surface area contributed by atoms with Gasteiger partial charge in [-0.25, -0.2) is 0 Å². The molecule has 6 heteroatoms. The summed E-state index contributed by atoms with van der Waals surface area (Å²) in [6, 6.07) is 1.99. The van der Waals surface area contributed by atoms with E-state index in [-0.39, 0.29) is 0 Å². The van der Waals surface area contributed by atoms with Crippen LogP contribution in [-0.4, -0.2) is 26.5 Å². The highest BCUT2D eigenvalue weighted by atomic mass is 16.5. The number of aryl methyl sites for hydroxylation is 1. The van der Waals surface area contributed by atoms with Gasteiger partial charge in [0, 0.05) is 32.8 Å². The molecule has 0 aromatic carbocycles. The molecule has 0 aliphatic rings. The zero-order valence-electron chi connectivity index (χ0n) is 8.55. The SMILES string of the molecule is Cn1ccc(CNCCc2ncno2)n1. The summed E-state index contributed by atoms with van der Waals surface area (Å²) in [6.07, 6.45) is 4.08. The van der Waals surface area contributed by atoms with Gasteiger partial charge in [0.2, 0.25) is 5.89 Å². The zero-order chi connectivity index (χ0) is 10.5. The monoisotopic (exact) mass is 207 g/mol. The molecule has 0 saturated carbocycles. The average molecular weight is 207 g/mol. The summed E-state index contributed by atoms with van der Waals surface area (Å²) in [5, 5.41) is 11.0. The highest BCUT2D eigenvalue weighted by molar-refractivity contribution is 4.97. The molecule has 0 spiro atoms. The fraction of sp³-hybridized carbons (Fsp3) is 0.444. The predicted octanol–water partition coefficient (Wildman–Crippen LogP) is 0.135. The van der Waals surface area contributed by atoms with Crippen molar-refractivity contribution < 1.29 is 4.52 Å². The lowest BCUT2D eigenvalue weighted by Gasteiger charge is -1.99. The third-order valence-corrected chi connectivity index (χ3v) is 2.00. The molecule has 1 N–H and O–H groups in total. The van der Waals surface area contributed by atoms with Crippen molar-refractivity contribution in [2.75, 3.05) is 6.54 Å². The quantitative estimate of drug-likeness (QED) is 0.706. The van der Waals surface area contributed by atoms with Crippen molar-refractivity contribution in [3.8, 4) is 0 Å². The second kappa shape index (κ2) is 4.70. The van der Waals surface area contributed by atoms with Gasteiger partial charge in [0.15, 0.2) is 6.33 Å². The Morgan fingerprint density at radius 3 is 3.13 bits per heavy atom. The highest BCUT2D eigenvalue weighted by Crippen LogP contribution is 1.94. The third kappa shape index (κ3) is 2.88. The molecule has 0 saturated heterocycles. The number of aromatic nitrogens is 4. The largest absolute Gasteiger partial charge is 0.340 e. The Kier molecular flexibility index (Phi) is 3.08.